The molecule has 2 N–H and O–H groups in total. The molecular formula is C32H64CuN2O2S2. The molecule has 0 bridgehead atoms. The number of nitrogens with zero attached hydrogens (tertiary/aromatic N) is 1. The Morgan fingerprint density at radius 2 is 0.641 bits per heavy atom. The normalized spacial score (nSPS) is 10.4. The second-order valence-electron chi connectivity index (χ2n) is 11.1. The van der Waals surface area contributed by atoms with Gasteiger partial charge < -0.3 is 45.5 Å². The number of carbonyl (C=O) groups is 2. The maximum atomic E-state index is 11.8. The van der Waals surface area contributed by atoms with Crippen LogP contribution < -0.4 is 5.73 Å². The first kappa shape index (κ1) is 43.4. The Hall–Kier alpha value is -0.101. The van der Waals surface area contributed by atoms with Crippen LogP contribution in [-0.4, -0.2) is 28.5 Å². The summed E-state index contributed by atoms with van der Waals surface area (Å²) in [6, 6.07) is 0. The van der Waals surface area contributed by atoms with E-state index in [0.29, 0.717) is 0 Å². The Morgan fingerprint density at radius 3 is 0.821 bits per heavy atom. The summed E-state index contributed by atoms with van der Waals surface area (Å²) in [6.45, 7) is 6.32. The first-order valence-electron chi connectivity index (χ1n) is 16.4. The molecule has 0 spiro atoms. The number of unbranched alkanes of at least 4 members (excludes halogenated alkanes) is 24. The molecule has 0 saturated carbocycles. The van der Waals surface area contributed by atoms with E-state index in [1.807, 2.05) is 4.90 Å². The fraction of sp³-hybridized carbons (Fsp3) is 0.938. The van der Waals surface area contributed by atoms with Gasteiger partial charge in [-0.3, -0.25) is 0 Å². The number of primary amides is 1. The molecule has 0 saturated heterocycles. The fourth-order valence-electron chi connectivity index (χ4n) is 4.94. The van der Waals surface area contributed by atoms with Crippen LogP contribution in [0.1, 0.15) is 181 Å². The van der Waals surface area contributed by atoms with E-state index < -0.39 is 5.24 Å². The molecule has 39 heavy (non-hydrogen) atoms. The van der Waals surface area contributed by atoms with Gasteiger partial charge in [-0.2, -0.15) is 0 Å². The van der Waals surface area contributed by atoms with E-state index in [0.717, 1.165) is 25.9 Å². The number of carbonyl (C=O) groups excluding carboxylic acids is 2. The summed E-state index contributed by atoms with van der Waals surface area (Å²) < 4.78 is 0. The van der Waals surface area contributed by atoms with Crippen LogP contribution in [0.4, 0.5) is 9.59 Å². The smallest absolute Gasteiger partial charge is 0.719 e. The van der Waals surface area contributed by atoms with Crippen molar-refractivity contribution < 1.29 is 26.7 Å². The summed E-state index contributed by atoms with van der Waals surface area (Å²) in [5, 5.41) is -0.891. The average Bonchev–Trinajstić information content (AvgIpc) is 2.87. The molecule has 0 rings (SSSR count). The Kier molecular flexibility index (Phi) is 42.1. The Bertz CT molecular complexity index is 465. The molecule has 0 aliphatic rings. The van der Waals surface area contributed by atoms with Gasteiger partial charge in [0.15, 0.2) is 0 Å². The van der Waals surface area contributed by atoms with Crippen molar-refractivity contribution in [3.63, 3.8) is 0 Å². The van der Waals surface area contributed by atoms with Gasteiger partial charge in [0, 0.05) is 13.1 Å². The van der Waals surface area contributed by atoms with Gasteiger partial charge in [-0.25, -0.2) is 0 Å². The molecule has 2 amide bonds. The van der Waals surface area contributed by atoms with Crippen LogP contribution >= 0.6 is 0 Å². The molecule has 237 valence electrons. The zero-order valence-electron chi connectivity index (χ0n) is 25.8. The van der Waals surface area contributed by atoms with Crippen LogP contribution in [0.5, 0.6) is 0 Å². The predicted molar refractivity (Wildman–Crippen MR) is 173 cm³/mol. The zero-order valence-corrected chi connectivity index (χ0v) is 28.3. The van der Waals surface area contributed by atoms with Gasteiger partial charge in [-0.1, -0.05) is 168 Å². The van der Waals surface area contributed by atoms with E-state index in [9.17, 15) is 4.79 Å². The molecule has 0 aromatic rings. The van der Waals surface area contributed by atoms with Crippen molar-refractivity contribution in [3.05, 3.63) is 0 Å². The van der Waals surface area contributed by atoms with Gasteiger partial charge in [0.1, 0.15) is 5.24 Å². The number of nitrogens with two attached hydrogens (primary N) is 1. The Balaban J connectivity index is -0.00000241. The van der Waals surface area contributed by atoms with Gasteiger partial charge >= 0.3 is 17.1 Å². The molecule has 0 aliphatic carbocycles. The summed E-state index contributed by atoms with van der Waals surface area (Å²) in [6.07, 6.45) is 35.5. The molecule has 0 unspecified atom stereocenters. The van der Waals surface area contributed by atoms with Crippen LogP contribution in [-0.2, 0) is 42.3 Å². The average molecular weight is 637 g/mol. The first-order valence-corrected chi connectivity index (χ1v) is 17.2. The Labute approximate surface area is 265 Å². The van der Waals surface area contributed by atoms with Crippen LogP contribution in [0.2, 0.25) is 0 Å². The summed E-state index contributed by atoms with van der Waals surface area (Å²) >= 11 is 8.73. The maximum Gasteiger partial charge on any atom is 2.00 e. The van der Waals surface area contributed by atoms with Crippen molar-refractivity contribution in [2.24, 2.45) is 5.73 Å². The molecule has 0 aliphatic heterocycles. The molecule has 0 aromatic heterocycles. The Morgan fingerprint density at radius 1 is 0.462 bits per heavy atom. The van der Waals surface area contributed by atoms with E-state index >= 15 is 0 Å². The predicted octanol–water partition coefficient (Wildman–Crippen LogP) is 10.7. The molecule has 0 heterocycles. The largest absolute Gasteiger partial charge is 2.00 e. The number of rotatable bonds is 28. The SMILES string of the molecule is CCCCCCCCCCCCCCCN(CCCCCCCCCCCCCCC)C(=O)[S-].NC(=O)[S-].[Cu+2]. The van der Waals surface area contributed by atoms with E-state index in [1.54, 1.807) is 0 Å². The van der Waals surface area contributed by atoms with Gasteiger partial charge in [0.2, 0.25) is 0 Å². The third-order valence-electron chi connectivity index (χ3n) is 7.32. The van der Waals surface area contributed by atoms with Crippen molar-refractivity contribution in [3.8, 4) is 0 Å². The monoisotopic (exact) mass is 635 g/mol. The standard InChI is InChI=1S/C31H63NOS.CH3NOS.Cu/c1-3-5-7-9-11-13-15-17-19-21-23-25-27-29-32(31(33)34)30-28-26-24-22-20-18-16-14-12-10-8-6-4-2;2-1(3)4;/h3-30H2,1-2H3,(H,33,34);(H3,2,3,4);/q;;+2/p-2. The van der Waals surface area contributed by atoms with Gasteiger partial charge in [0.05, 0.1) is 5.24 Å². The maximum absolute atomic E-state index is 11.8. The fourth-order valence-corrected chi connectivity index (χ4v) is 5.12. The van der Waals surface area contributed by atoms with E-state index in [-0.39, 0.29) is 22.3 Å². The van der Waals surface area contributed by atoms with E-state index in [4.69, 9.17) is 17.4 Å². The topological polar surface area (TPSA) is 63.4 Å². The minimum atomic E-state index is -0.750. The quantitative estimate of drug-likeness (QED) is 0.0527. The molecular weight excluding hydrogens is 572 g/mol. The molecule has 0 aromatic carbocycles. The van der Waals surface area contributed by atoms with Crippen molar-refractivity contribution in [2.75, 3.05) is 13.1 Å². The molecule has 7 heteroatoms. The van der Waals surface area contributed by atoms with Gasteiger partial charge in [-0.15, -0.1) is 0 Å². The molecule has 0 atom stereocenters. The first-order chi connectivity index (χ1) is 18.5. The molecule has 1 radical (unpaired) electrons. The minimum absolute atomic E-state index is 0. The molecule has 4 nitrogen and oxygen atoms in total. The third kappa shape index (κ3) is 42.5. The zero-order chi connectivity index (χ0) is 28.5. The summed E-state index contributed by atoms with van der Waals surface area (Å²) in [4.78, 5) is 22.7. The second-order valence-corrected chi connectivity index (χ2v) is 11.8. The van der Waals surface area contributed by atoms with Gasteiger partial charge in [0.25, 0.3) is 0 Å². The third-order valence-corrected chi connectivity index (χ3v) is 7.58. The number of hydrogen-bond donors (Lipinski definition) is 1. The van der Waals surface area contributed by atoms with Crippen molar-refractivity contribution >= 4 is 35.7 Å². The molecule has 0 fully saturated rings. The van der Waals surface area contributed by atoms with Crippen molar-refractivity contribution in [2.45, 2.75) is 181 Å². The van der Waals surface area contributed by atoms with Crippen LogP contribution in [0.15, 0.2) is 0 Å². The second kappa shape index (κ2) is 37.9. The van der Waals surface area contributed by atoms with Crippen molar-refractivity contribution in [1.29, 1.82) is 0 Å². The van der Waals surface area contributed by atoms with E-state index in [1.165, 1.54) is 154 Å². The minimum Gasteiger partial charge on any atom is -0.719 e. The number of hydrogen-bond acceptors (Lipinski definition) is 4. The van der Waals surface area contributed by atoms with Crippen molar-refractivity contribution in [1.82, 2.24) is 4.90 Å². The van der Waals surface area contributed by atoms with Crippen LogP contribution in [0, 0.1) is 0 Å². The summed E-state index contributed by atoms with van der Waals surface area (Å²) in [7, 11) is 0. The van der Waals surface area contributed by atoms with Gasteiger partial charge in [-0.05, 0) is 12.8 Å². The van der Waals surface area contributed by atoms with Crippen LogP contribution in [0.25, 0.3) is 0 Å². The summed E-state index contributed by atoms with van der Waals surface area (Å²) in [5.74, 6) is 0. The van der Waals surface area contributed by atoms with Crippen LogP contribution in [0.3, 0.4) is 0 Å². The van der Waals surface area contributed by atoms with E-state index in [2.05, 4.69) is 32.2 Å². The summed E-state index contributed by atoms with van der Waals surface area (Å²) in [5.41, 5.74) is 4.29. The number of amides is 2.